The fourth-order valence-corrected chi connectivity index (χ4v) is 4.26. The molecule has 0 bridgehead atoms. The van der Waals surface area contributed by atoms with Crippen LogP contribution in [0.15, 0.2) is 59.1 Å². The summed E-state index contributed by atoms with van der Waals surface area (Å²) in [4.78, 5) is 11.7. The Balaban J connectivity index is 2.33. The summed E-state index contributed by atoms with van der Waals surface area (Å²) in [6, 6.07) is 18.2. The molecule has 0 heterocycles. The van der Waals surface area contributed by atoms with Crippen LogP contribution in [0.5, 0.6) is 0 Å². The molecule has 2 unspecified atom stereocenters. The summed E-state index contributed by atoms with van der Waals surface area (Å²) in [5, 5.41) is 9.19. The van der Waals surface area contributed by atoms with Gasteiger partial charge in [0, 0.05) is 4.47 Å². The maximum absolute atomic E-state index is 11.7. The van der Waals surface area contributed by atoms with E-state index < -0.39 is 11.2 Å². The van der Waals surface area contributed by atoms with Gasteiger partial charge in [-0.1, -0.05) is 72.2 Å². The molecular weight excluding hydrogens is 372 g/mol. The first-order valence-electron chi connectivity index (χ1n) is 7.66. The van der Waals surface area contributed by atoms with Gasteiger partial charge in [-0.15, -0.1) is 11.8 Å². The summed E-state index contributed by atoms with van der Waals surface area (Å²) < 4.78 is 1.02. The minimum atomic E-state index is -0.734. The van der Waals surface area contributed by atoms with Crippen molar-refractivity contribution >= 4 is 33.7 Å². The number of hydrogen-bond acceptors (Lipinski definition) is 2. The summed E-state index contributed by atoms with van der Waals surface area (Å²) in [6.07, 6.45) is 0.667. The lowest BCUT2D eigenvalue weighted by molar-refractivity contribution is -0.136. The molecule has 0 aliphatic rings. The summed E-state index contributed by atoms with van der Waals surface area (Å²) in [5.41, 5.74) is 2.26. The van der Waals surface area contributed by atoms with Crippen molar-refractivity contribution in [3.8, 4) is 0 Å². The minimum Gasteiger partial charge on any atom is -0.480 e. The highest BCUT2D eigenvalue weighted by molar-refractivity contribution is 9.10. The molecule has 2 nitrogen and oxygen atoms in total. The van der Waals surface area contributed by atoms with Gasteiger partial charge in [-0.05, 0) is 35.6 Å². The van der Waals surface area contributed by atoms with Crippen molar-refractivity contribution in [2.45, 2.75) is 30.8 Å². The second kappa shape index (κ2) is 8.55. The normalized spacial score (nSPS) is 13.7. The highest BCUT2D eigenvalue weighted by atomic mass is 79.9. The first kappa shape index (κ1) is 18.1. The molecule has 23 heavy (non-hydrogen) atoms. The Bertz CT molecular complexity index is 626. The Labute approximate surface area is 150 Å². The number of benzene rings is 2. The molecular formula is C19H21BrO2S. The van der Waals surface area contributed by atoms with Crippen molar-refractivity contribution in [1.82, 2.24) is 0 Å². The van der Waals surface area contributed by atoms with Crippen LogP contribution in [0.3, 0.4) is 0 Å². The predicted molar refractivity (Wildman–Crippen MR) is 101 cm³/mol. The molecule has 0 fully saturated rings. The van der Waals surface area contributed by atoms with E-state index in [1.165, 1.54) is 11.8 Å². The largest absolute Gasteiger partial charge is 0.480 e. The Hall–Kier alpha value is -1.26. The smallest absolute Gasteiger partial charge is 0.316 e. The average molecular weight is 393 g/mol. The zero-order chi connectivity index (χ0) is 16.8. The van der Waals surface area contributed by atoms with Gasteiger partial charge in [-0.3, -0.25) is 4.79 Å². The van der Waals surface area contributed by atoms with Gasteiger partial charge in [-0.25, -0.2) is 0 Å². The first-order chi connectivity index (χ1) is 11.0. The molecule has 0 radical (unpaired) electrons. The topological polar surface area (TPSA) is 37.3 Å². The Kier molecular flexibility index (Phi) is 6.72. The van der Waals surface area contributed by atoms with Gasteiger partial charge in [-0.2, -0.15) is 0 Å². The van der Waals surface area contributed by atoms with E-state index in [9.17, 15) is 9.90 Å². The molecule has 0 aromatic heterocycles. The van der Waals surface area contributed by atoms with Crippen LogP contribution in [0.25, 0.3) is 0 Å². The number of halogens is 1. The van der Waals surface area contributed by atoms with E-state index in [1.54, 1.807) is 0 Å². The number of rotatable bonds is 7. The van der Waals surface area contributed by atoms with Crippen LogP contribution >= 0.6 is 27.7 Å². The first-order valence-corrected chi connectivity index (χ1v) is 9.39. The van der Waals surface area contributed by atoms with Crippen molar-refractivity contribution in [3.63, 3.8) is 0 Å². The van der Waals surface area contributed by atoms with Gasteiger partial charge in [0.25, 0.3) is 0 Å². The zero-order valence-corrected chi connectivity index (χ0v) is 15.7. The maximum Gasteiger partial charge on any atom is 0.316 e. The van der Waals surface area contributed by atoms with E-state index in [2.05, 4.69) is 54.0 Å². The van der Waals surface area contributed by atoms with Gasteiger partial charge < -0.3 is 5.11 Å². The van der Waals surface area contributed by atoms with Crippen LogP contribution in [0, 0.1) is 5.92 Å². The minimum absolute atomic E-state index is 0.0177. The van der Waals surface area contributed by atoms with Gasteiger partial charge >= 0.3 is 5.97 Å². The van der Waals surface area contributed by atoms with E-state index in [4.69, 9.17) is 0 Å². The number of hydrogen-bond donors (Lipinski definition) is 1. The second-order valence-corrected chi connectivity index (χ2v) is 8.16. The number of carboxylic acids is 1. The van der Waals surface area contributed by atoms with Crippen molar-refractivity contribution in [2.75, 3.05) is 0 Å². The van der Waals surface area contributed by atoms with Crippen LogP contribution in [-0.2, 0) is 4.79 Å². The van der Waals surface area contributed by atoms with Gasteiger partial charge in [0.15, 0.2) is 0 Å². The van der Waals surface area contributed by atoms with E-state index in [0.29, 0.717) is 12.3 Å². The van der Waals surface area contributed by atoms with Crippen LogP contribution < -0.4 is 0 Å². The lowest BCUT2D eigenvalue weighted by atomic mass is 10.0. The fourth-order valence-electron chi connectivity index (χ4n) is 2.42. The van der Waals surface area contributed by atoms with E-state index in [-0.39, 0.29) is 5.25 Å². The SMILES string of the molecule is CC(C)CC(SC(c1ccccc1)c1ccc(Br)cc1)C(=O)O. The van der Waals surface area contributed by atoms with Crippen molar-refractivity contribution in [3.05, 3.63) is 70.2 Å². The van der Waals surface area contributed by atoms with Gasteiger partial charge in [0.2, 0.25) is 0 Å². The van der Waals surface area contributed by atoms with E-state index in [0.717, 1.165) is 15.6 Å². The summed E-state index contributed by atoms with van der Waals surface area (Å²) in [7, 11) is 0. The predicted octanol–water partition coefficient (Wildman–Crippen LogP) is 5.77. The number of aliphatic carboxylic acids is 1. The maximum atomic E-state index is 11.7. The molecule has 0 saturated carbocycles. The average Bonchev–Trinajstić information content (AvgIpc) is 2.53. The lowest BCUT2D eigenvalue weighted by Crippen LogP contribution is -2.20. The molecule has 2 atom stereocenters. The monoisotopic (exact) mass is 392 g/mol. The van der Waals surface area contributed by atoms with Crippen LogP contribution in [0.4, 0.5) is 0 Å². The molecule has 1 N–H and O–H groups in total. The number of carboxylic acid groups (broad SMARTS) is 1. The molecule has 2 aromatic carbocycles. The van der Waals surface area contributed by atoms with Crippen LogP contribution in [0.1, 0.15) is 36.6 Å². The van der Waals surface area contributed by atoms with Gasteiger partial charge in [0.05, 0.1) is 5.25 Å². The third-order valence-electron chi connectivity index (χ3n) is 3.54. The Morgan fingerprint density at radius 1 is 1.04 bits per heavy atom. The second-order valence-electron chi connectivity index (χ2n) is 5.93. The lowest BCUT2D eigenvalue weighted by Gasteiger charge is -2.23. The highest BCUT2D eigenvalue weighted by Crippen LogP contribution is 2.40. The molecule has 4 heteroatoms. The third-order valence-corrected chi connectivity index (χ3v) is 5.60. The van der Waals surface area contributed by atoms with E-state index >= 15 is 0 Å². The van der Waals surface area contributed by atoms with Crippen molar-refractivity contribution in [2.24, 2.45) is 5.92 Å². The molecule has 2 rings (SSSR count). The molecule has 0 aliphatic heterocycles. The standard InChI is InChI=1S/C19H21BrO2S/c1-13(2)12-17(19(21)22)23-18(14-6-4-3-5-7-14)15-8-10-16(20)11-9-15/h3-11,13,17-18H,12H2,1-2H3,(H,21,22). The summed E-state index contributed by atoms with van der Waals surface area (Å²) in [5.74, 6) is -0.383. The van der Waals surface area contributed by atoms with E-state index in [1.807, 2.05) is 30.3 Å². The molecule has 0 aliphatic carbocycles. The zero-order valence-electron chi connectivity index (χ0n) is 13.3. The Morgan fingerprint density at radius 2 is 1.61 bits per heavy atom. The highest BCUT2D eigenvalue weighted by Gasteiger charge is 2.26. The molecule has 0 spiro atoms. The molecule has 2 aromatic rings. The van der Waals surface area contributed by atoms with Crippen molar-refractivity contribution in [1.29, 1.82) is 0 Å². The summed E-state index contributed by atoms with van der Waals surface area (Å²) >= 11 is 4.98. The quantitative estimate of drug-likeness (QED) is 0.649. The Morgan fingerprint density at radius 3 is 2.13 bits per heavy atom. The number of thioether (sulfide) groups is 1. The molecule has 0 saturated heterocycles. The van der Waals surface area contributed by atoms with Crippen LogP contribution in [-0.4, -0.2) is 16.3 Å². The third kappa shape index (κ3) is 5.40. The molecule has 122 valence electrons. The number of carbonyl (C=O) groups is 1. The fraction of sp³-hybridized carbons (Fsp3) is 0.316. The summed E-state index contributed by atoms with van der Waals surface area (Å²) in [6.45, 7) is 4.13. The van der Waals surface area contributed by atoms with Crippen LogP contribution in [0.2, 0.25) is 0 Å². The molecule has 0 amide bonds. The van der Waals surface area contributed by atoms with Crippen molar-refractivity contribution < 1.29 is 9.90 Å². The van der Waals surface area contributed by atoms with Gasteiger partial charge in [0.1, 0.15) is 5.25 Å².